The van der Waals surface area contributed by atoms with E-state index in [1.807, 2.05) is 7.05 Å². The summed E-state index contributed by atoms with van der Waals surface area (Å²) >= 11 is 0. The topological polar surface area (TPSA) is 50.8 Å². The van der Waals surface area contributed by atoms with Gasteiger partial charge in [-0.25, -0.2) is 0 Å². The van der Waals surface area contributed by atoms with Gasteiger partial charge in [0.15, 0.2) is 0 Å². The second-order valence-electron chi connectivity index (χ2n) is 3.79. The molecule has 1 rings (SSSR count). The second kappa shape index (κ2) is 6.05. The first-order valence-corrected chi connectivity index (χ1v) is 5.19. The number of likely N-dealkylation sites (N-methyl/N-ethyl adjacent to an activating group) is 2. The van der Waals surface area contributed by atoms with Crippen LogP contribution in [0.4, 0.5) is 0 Å². The van der Waals surface area contributed by atoms with Gasteiger partial charge >= 0.3 is 0 Å². The van der Waals surface area contributed by atoms with E-state index >= 15 is 0 Å². The monoisotopic (exact) mass is 216 g/mol. The number of amides is 1. The van der Waals surface area contributed by atoms with E-state index < -0.39 is 0 Å². The van der Waals surface area contributed by atoms with Crippen LogP contribution >= 0.6 is 0 Å². The molecule has 5 nitrogen and oxygen atoms in total. The van der Waals surface area contributed by atoms with Gasteiger partial charge in [-0.15, -0.1) is 0 Å². The summed E-state index contributed by atoms with van der Waals surface area (Å²) in [6.07, 6.45) is 0. The molecule has 2 unspecified atom stereocenters. The standard InChI is InChI=1S/C10H20N2O3/c1-11-9-7-15-6-8(9)10(13)12(2)4-5-14-3/h8-9,11H,4-7H2,1-3H3. The third kappa shape index (κ3) is 3.15. The van der Waals surface area contributed by atoms with Crippen molar-refractivity contribution < 1.29 is 14.3 Å². The number of nitrogens with zero attached hydrogens (tertiary/aromatic N) is 1. The smallest absolute Gasteiger partial charge is 0.229 e. The van der Waals surface area contributed by atoms with Crippen molar-refractivity contribution in [3.8, 4) is 0 Å². The summed E-state index contributed by atoms with van der Waals surface area (Å²) in [6, 6.07) is 0.141. The van der Waals surface area contributed by atoms with Crippen molar-refractivity contribution >= 4 is 5.91 Å². The number of carbonyl (C=O) groups is 1. The van der Waals surface area contributed by atoms with E-state index in [4.69, 9.17) is 9.47 Å². The summed E-state index contributed by atoms with van der Waals surface area (Å²) in [5, 5.41) is 3.10. The number of methoxy groups -OCH3 is 1. The summed E-state index contributed by atoms with van der Waals surface area (Å²) in [6.45, 7) is 2.33. The minimum atomic E-state index is -0.0585. The van der Waals surface area contributed by atoms with Crippen LogP contribution in [0.3, 0.4) is 0 Å². The summed E-state index contributed by atoms with van der Waals surface area (Å²) < 4.78 is 10.2. The summed E-state index contributed by atoms with van der Waals surface area (Å²) in [5.41, 5.74) is 0. The van der Waals surface area contributed by atoms with Crippen LogP contribution < -0.4 is 5.32 Å². The summed E-state index contributed by atoms with van der Waals surface area (Å²) in [7, 11) is 5.29. The van der Waals surface area contributed by atoms with Gasteiger partial charge < -0.3 is 19.7 Å². The molecular weight excluding hydrogens is 196 g/mol. The molecular formula is C10H20N2O3. The van der Waals surface area contributed by atoms with Gasteiger partial charge in [-0.2, -0.15) is 0 Å². The molecule has 1 saturated heterocycles. The third-order valence-electron chi connectivity index (χ3n) is 2.78. The highest BCUT2D eigenvalue weighted by atomic mass is 16.5. The molecule has 88 valence electrons. The number of hydrogen-bond acceptors (Lipinski definition) is 4. The molecule has 1 aliphatic heterocycles. The van der Waals surface area contributed by atoms with Crippen molar-refractivity contribution in [1.82, 2.24) is 10.2 Å². The zero-order valence-electron chi connectivity index (χ0n) is 9.66. The fourth-order valence-corrected chi connectivity index (χ4v) is 1.70. The van der Waals surface area contributed by atoms with Crippen molar-refractivity contribution in [2.24, 2.45) is 5.92 Å². The van der Waals surface area contributed by atoms with Gasteiger partial charge in [0.25, 0.3) is 0 Å². The molecule has 0 spiro atoms. The highest BCUT2D eigenvalue weighted by Crippen LogP contribution is 2.15. The number of hydrogen-bond donors (Lipinski definition) is 1. The average molecular weight is 216 g/mol. The number of nitrogens with one attached hydrogen (secondary N) is 1. The maximum absolute atomic E-state index is 12.0. The molecule has 0 aromatic heterocycles. The van der Waals surface area contributed by atoms with Gasteiger partial charge in [-0.05, 0) is 7.05 Å². The molecule has 0 saturated carbocycles. The van der Waals surface area contributed by atoms with Gasteiger partial charge in [0, 0.05) is 26.7 Å². The Morgan fingerprint density at radius 3 is 2.93 bits per heavy atom. The molecule has 0 aromatic rings. The van der Waals surface area contributed by atoms with E-state index in [9.17, 15) is 4.79 Å². The van der Waals surface area contributed by atoms with Crippen LogP contribution in [-0.4, -0.2) is 64.4 Å². The van der Waals surface area contributed by atoms with Gasteiger partial charge in [0.05, 0.1) is 25.7 Å². The van der Waals surface area contributed by atoms with Crippen LogP contribution in [0.1, 0.15) is 0 Å². The van der Waals surface area contributed by atoms with E-state index in [0.29, 0.717) is 26.4 Å². The Bertz CT molecular complexity index is 211. The largest absolute Gasteiger partial charge is 0.383 e. The van der Waals surface area contributed by atoms with Crippen molar-refractivity contribution in [3.05, 3.63) is 0 Å². The molecule has 5 heteroatoms. The van der Waals surface area contributed by atoms with E-state index in [1.54, 1.807) is 19.1 Å². The van der Waals surface area contributed by atoms with Crippen molar-refractivity contribution in [3.63, 3.8) is 0 Å². The molecule has 0 aromatic carbocycles. The Labute approximate surface area is 90.7 Å². The summed E-state index contributed by atoms with van der Waals surface area (Å²) in [4.78, 5) is 13.7. The molecule has 1 heterocycles. The van der Waals surface area contributed by atoms with Crippen LogP contribution in [-0.2, 0) is 14.3 Å². The molecule has 1 aliphatic rings. The maximum Gasteiger partial charge on any atom is 0.229 e. The predicted molar refractivity (Wildman–Crippen MR) is 56.7 cm³/mol. The quantitative estimate of drug-likeness (QED) is 0.662. The van der Waals surface area contributed by atoms with Gasteiger partial charge in [-0.1, -0.05) is 0 Å². The molecule has 0 bridgehead atoms. The normalized spacial score (nSPS) is 25.5. The third-order valence-corrected chi connectivity index (χ3v) is 2.78. The van der Waals surface area contributed by atoms with Gasteiger partial charge in [-0.3, -0.25) is 4.79 Å². The minimum absolute atomic E-state index is 0.0585. The first-order chi connectivity index (χ1) is 7.20. The van der Waals surface area contributed by atoms with Crippen LogP contribution in [0.2, 0.25) is 0 Å². The average Bonchev–Trinajstić information content (AvgIpc) is 2.72. The lowest BCUT2D eigenvalue weighted by atomic mass is 10.0. The predicted octanol–water partition coefficient (Wildman–Crippen LogP) is -0.674. The lowest BCUT2D eigenvalue weighted by Gasteiger charge is -2.23. The van der Waals surface area contributed by atoms with E-state index in [0.717, 1.165) is 0 Å². The Hall–Kier alpha value is -0.650. The van der Waals surface area contributed by atoms with Gasteiger partial charge in [0.1, 0.15) is 0 Å². The fraction of sp³-hybridized carbons (Fsp3) is 0.900. The Kier molecular flexibility index (Phi) is 5.01. The second-order valence-corrected chi connectivity index (χ2v) is 3.79. The zero-order chi connectivity index (χ0) is 11.3. The van der Waals surface area contributed by atoms with Gasteiger partial charge in [0.2, 0.25) is 5.91 Å². The van der Waals surface area contributed by atoms with Crippen molar-refractivity contribution in [2.45, 2.75) is 6.04 Å². The van der Waals surface area contributed by atoms with E-state index in [2.05, 4.69) is 5.32 Å². The highest BCUT2D eigenvalue weighted by Gasteiger charge is 2.34. The van der Waals surface area contributed by atoms with Crippen LogP contribution in [0.15, 0.2) is 0 Å². The van der Waals surface area contributed by atoms with Crippen molar-refractivity contribution in [1.29, 1.82) is 0 Å². The first kappa shape index (κ1) is 12.4. The summed E-state index contributed by atoms with van der Waals surface area (Å²) in [5.74, 6) is 0.0701. The van der Waals surface area contributed by atoms with Crippen LogP contribution in [0, 0.1) is 5.92 Å². The zero-order valence-corrected chi connectivity index (χ0v) is 9.66. The first-order valence-electron chi connectivity index (χ1n) is 5.19. The molecule has 1 N–H and O–H groups in total. The number of carbonyl (C=O) groups excluding carboxylic acids is 1. The molecule has 1 fully saturated rings. The molecule has 15 heavy (non-hydrogen) atoms. The highest BCUT2D eigenvalue weighted by molar-refractivity contribution is 5.79. The number of rotatable bonds is 5. The van der Waals surface area contributed by atoms with Crippen LogP contribution in [0.25, 0.3) is 0 Å². The fourth-order valence-electron chi connectivity index (χ4n) is 1.70. The molecule has 2 atom stereocenters. The van der Waals surface area contributed by atoms with E-state index in [-0.39, 0.29) is 17.9 Å². The number of ether oxygens (including phenoxy) is 2. The Morgan fingerprint density at radius 1 is 1.60 bits per heavy atom. The molecule has 0 aliphatic carbocycles. The molecule has 1 amide bonds. The molecule has 0 radical (unpaired) electrons. The Morgan fingerprint density at radius 2 is 2.33 bits per heavy atom. The SMILES string of the molecule is CNC1COCC1C(=O)N(C)CCOC. The Balaban J connectivity index is 2.44. The maximum atomic E-state index is 12.0. The van der Waals surface area contributed by atoms with E-state index in [1.165, 1.54) is 0 Å². The van der Waals surface area contributed by atoms with Crippen LogP contribution in [0.5, 0.6) is 0 Å². The minimum Gasteiger partial charge on any atom is -0.383 e. The lowest BCUT2D eigenvalue weighted by molar-refractivity contribution is -0.135. The lowest BCUT2D eigenvalue weighted by Crippen LogP contribution is -2.44. The van der Waals surface area contributed by atoms with Crippen molar-refractivity contribution in [2.75, 3.05) is 47.6 Å².